The molecule has 134 valence electrons. The smallest absolute Gasteiger partial charge is 0.336 e. The molecule has 3 aromatic rings. The molecule has 1 fully saturated rings. The topological polar surface area (TPSA) is 76.4 Å². The lowest BCUT2D eigenvalue weighted by Crippen LogP contribution is -2.50. The maximum Gasteiger partial charge on any atom is 0.336 e. The molecule has 0 aliphatic heterocycles. The lowest BCUT2D eigenvalue weighted by molar-refractivity contribution is 0.224. The van der Waals surface area contributed by atoms with Crippen LogP contribution in [0.4, 0.5) is 0 Å². The maximum atomic E-state index is 13.0. The third-order valence-corrected chi connectivity index (χ3v) is 6.62. The highest BCUT2D eigenvalue weighted by Crippen LogP contribution is 2.42. The first-order valence-electron chi connectivity index (χ1n) is 8.22. The predicted molar refractivity (Wildman–Crippen MR) is 99.8 cm³/mol. The number of fused-ring (bicyclic) bond motifs is 1. The summed E-state index contributed by atoms with van der Waals surface area (Å²) in [6, 6.07) is 14.5. The molecule has 1 aliphatic rings. The van der Waals surface area contributed by atoms with E-state index in [1.54, 1.807) is 18.2 Å². The van der Waals surface area contributed by atoms with Crippen molar-refractivity contribution < 1.29 is 12.8 Å². The first-order valence-corrected chi connectivity index (χ1v) is 10.1. The minimum atomic E-state index is -3.74. The molecule has 1 aliphatic carbocycles. The Morgan fingerprint density at radius 2 is 1.73 bits per heavy atom. The largest absolute Gasteiger partial charge is 0.423 e. The highest BCUT2D eigenvalue weighted by Gasteiger charge is 2.42. The highest BCUT2D eigenvalue weighted by atomic mass is 35.5. The highest BCUT2D eigenvalue weighted by molar-refractivity contribution is 7.89. The summed E-state index contributed by atoms with van der Waals surface area (Å²) < 4.78 is 33.9. The van der Waals surface area contributed by atoms with Crippen LogP contribution in [0.15, 0.2) is 68.7 Å². The van der Waals surface area contributed by atoms with E-state index in [0.717, 1.165) is 24.8 Å². The standard InChI is InChI=1S/C19H16ClNO4S/c20-15-5-3-14(4-6-15)19(10-1-11-19)21-26(23,24)16-7-8-17-13(12-16)2-9-18(22)25-17/h2-9,12,21H,1,10-11H2. The minimum Gasteiger partial charge on any atom is -0.423 e. The van der Waals surface area contributed by atoms with E-state index in [4.69, 9.17) is 16.0 Å². The molecule has 0 saturated heterocycles. The number of nitrogens with one attached hydrogen (secondary N) is 1. The average molecular weight is 390 g/mol. The molecule has 0 radical (unpaired) electrons. The van der Waals surface area contributed by atoms with Gasteiger partial charge < -0.3 is 4.42 Å². The second kappa shape index (κ2) is 6.23. The quantitative estimate of drug-likeness (QED) is 0.688. The lowest BCUT2D eigenvalue weighted by Gasteiger charge is -2.42. The molecule has 2 aromatic carbocycles. The summed E-state index contributed by atoms with van der Waals surface area (Å²) in [7, 11) is -3.74. The van der Waals surface area contributed by atoms with Crippen molar-refractivity contribution in [1.82, 2.24) is 4.72 Å². The molecular weight excluding hydrogens is 374 g/mol. The van der Waals surface area contributed by atoms with Gasteiger partial charge in [-0.25, -0.2) is 17.9 Å². The SMILES string of the molecule is O=c1ccc2cc(S(=O)(=O)NC3(c4ccc(Cl)cc4)CCC3)ccc2o1. The van der Waals surface area contributed by atoms with E-state index in [2.05, 4.69) is 4.72 Å². The molecule has 0 amide bonds. The Hall–Kier alpha value is -2.15. The molecule has 5 nitrogen and oxygen atoms in total. The Morgan fingerprint density at radius 1 is 1.00 bits per heavy atom. The van der Waals surface area contributed by atoms with Crippen LogP contribution >= 0.6 is 11.6 Å². The fourth-order valence-electron chi connectivity index (χ4n) is 3.28. The van der Waals surface area contributed by atoms with Crippen molar-refractivity contribution in [2.75, 3.05) is 0 Å². The molecule has 0 unspecified atom stereocenters. The zero-order valence-corrected chi connectivity index (χ0v) is 15.3. The molecule has 4 rings (SSSR count). The van der Waals surface area contributed by atoms with Crippen LogP contribution in [0, 0.1) is 0 Å². The monoisotopic (exact) mass is 389 g/mol. The molecule has 1 heterocycles. The Bertz CT molecular complexity index is 1130. The van der Waals surface area contributed by atoms with Crippen molar-refractivity contribution in [2.24, 2.45) is 0 Å². The number of benzene rings is 2. The van der Waals surface area contributed by atoms with Crippen molar-refractivity contribution >= 4 is 32.6 Å². The van der Waals surface area contributed by atoms with Gasteiger partial charge in [0.1, 0.15) is 5.58 Å². The van der Waals surface area contributed by atoms with Crippen LogP contribution in [0.5, 0.6) is 0 Å². The molecular formula is C19H16ClNO4S. The summed E-state index contributed by atoms with van der Waals surface area (Å²) in [5.74, 6) is 0. The average Bonchev–Trinajstić information content (AvgIpc) is 2.58. The van der Waals surface area contributed by atoms with Gasteiger partial charge in [0.25, 0.3) is 0 Å². The second-order valence-corrected chi connectivity index (χ2v) is 8.62. The maximum absolute atomic E-state index is 13.0. The normalized spacial score (nSPS) is 16.3. The molecule has 0 bridgehead atoms. The zero-order valence-electron chi connectivity index (χ0n) is 13.7. The summed E-state index contributed by atoms with van der Waals surface area (Å²) in [6.07, 6.45) is 2.42. The fraction of sp³-hybridized carbons (Fsp3) is 0.211. The lowest BCUT2D eigenvalue weighted by atomic mass is 9.73. The van der Waals surface area contributed by atoms with E-state index >= 15 is 0 Å². The van der Waals surface area contributed by atoms with Gasteiger partial charge in [0.2, 0.25) is 10.0 Å². The summed E-state index contributed by atoms with van der Waals surface area (Å²) in [6.45, 7) is 0. The summed E-state index contributed by atoms with van der Waals surface area (Å²) in [5, 5.41) is 1.17. The molecule has 0 spiro atoms. The minimum absolute atomic E-state index is 0.138. The van der Waals surface area contributed by atoms with Gasteiger partial charge in [-0.2, -0.15) is 0 Å². The van der Waals surface area contributed by atoms with Gasteiger partial charge in [0.05, 0.1) is 10.4 Å². The van der Waals surface area contributed by atoms with Gasteiger partial charge in [-0.3, -0.25) is 0 Å². The summed E-state index contributed by atoms with van der Waals surface area (Å²) >= 11 is 5.95. The molecule has 26 heavy (non-hydrogen) atoms. The van der Waals surface area contributed by atoms with Crippen LogP contribution in [-0.2, 0) is 15.6 Å². The van der Waals surface area contributed by atoms with Crippen molar-refractivity contribution in [2.45, 2.75) is 29.7 Å². The summed E-state index contributed by atoms with van der Waals surface area (Å²) in [4.78, 5) is 11.4. The second-order valence-electron chi connectivity index (χ2n) is 6.50. The van der Waals surface area contributed by atoms with Crippen LogP contribution < -0.4 is 10.3 Å². The Morgan fingerprint density at radius 3 is 2.38 bits per heavy atom. The van der Waals surface area contributed by atoms with Crippen LogP contribution in [0.25, 0.3) is 11.0 Å². The number of hydrogen-bond donors (Lipinski definition) is 1. The molecule has 1 N–H and O–H groups in total. The zero-order chi connectivity index (χ0) is 18.4. The third-order valence-electron chi connectivity index (χ3n) is 4.83. The van der Waals surface area contributed by atoms with E-state index in [-0.39, 0.29) is 4.90 Å². The van der Waals surface area contributed by atoms with Crippen molar-refractivity contribution in [3.8, 4) is 0 Å². The summed E-state index contributed by atoms with van der Waals surface area (Å²) in [5.41, 5.74) is 0.181. The number of hydrogen-bond acceptors (Lipinski definition) is 4. The van der Waals surface area contributed by atoms with E-state index in [0.29, 0.717) is 16.0 Å². The van der Waals surface area contributed by atoms with E-state index in [9.17, 15) is 13.2 Å². The van der Waals surface area contributed by atoms with E-state index in [1.165, 1.54) is 24.3 Å². The first-order chi connectivity index (χ1) is 12.4. The van der Waals surface area contributed by atoms with Crippen LogP contribution in [0.3, 0.4) is 0 Å². The van der Waals surface area contributed by atoms with Gasteiger partial charge in [-0.1, -0.05) is 23.7 Å². The Kier molecular flexibility index (Phi) is 4.14. The number of rotatable bonds is 4. The predicted octanol–water partition coefficient (Wildman–Crippen LogP) is 3.80. The molecule has 0 atom stereocenters. The molecule has 7 heteroatoms. The molecule has 1 aromatic heterocycles. The van der Waals surface area contributed by atoms with Crippen molar-refractivity contribution in [3.63, 3.8) is 0 Å². The van der Waals surface area contributed by atoms with E-state index < -0.39 is 21.2 Å². The number of sulfonamides is 1. The fourth-order valence-corrected chi connectivity index (χ4v) is 4.89. The van der Waals surface area contributed by atoms with Crippen LogP contribution in [0.2, 0.25) is 5.02 Å². The Balaban J connectivity index is 1.71. The van der Waals surface area contributed by atoms with Gasteiger partial charge in [-0.15, -0.1) is 0 Å². The molecule has 1 saturated carbocycles. The van der Waals surface area contributed by atoms with Gasteiger partial charge >= 0.3 is 5.63 Å². The number of halogens is 1. The van der Waals surface area contributed by atoms with Crippen molar-refractivity contribution in [3.05, 3.63) is 75.6 Å². The van der Waals surface area contributed by atoms with Crippen LogP contribution in [0.1, 0.15) is 24.8 Å². The Labute approximate surface area is 155 Å². The third kappa shape index (κ3) is 3.05. The van der Waals surface area contributed by atoms with Crippen LogP contribution in [-0.4, -0.2) is 8.42 Å². The van der Waals surface area contributed by atoms with E-state index in [1.807, 2.05) is 12.1 Å². The first kappa shape index (κ1) is 17.3. The van der Waals surface area contributed by atoms with Gasteiger partial charge in [-0.05, 0) is 61.2 Å². The van der Waals surface area contributed by atoms with Crippen molar-refractivity contribution in [1.29, 1.82) is 0 Å². The van der Waals surface area contributed by atoms with Gasteiger partial charge in [0, 0.05) is 16.5 Å². The van der Waals surface area contributed by atoms with Gasteiger partial charge in [0.15, 0.2) is 0 Å².